The lowest BCUT2D eigenvalue weighted by Gasteiger charge is -2.23. The summed E-state index contributed by atoms with van der Waals surface area (Å²) in [5, 5.41) is 0. The highest BCUT2D eigenvalue weighted by Gasteiger charge is 2.18. The van der Waals surface area contributed by atoms with Gasteiger partial charge in [0.15, 0.2) is 0 Å². The molecule has 0 bridgehead atoms. The van der Waals surface area contributed by atoms with Crippen molar-refractivity contribution in [2.24, 2.45) is 5.73 Å². The van der Waals surface area contributed by atoms with Crippen LogP contribution in [0.15, 0.2) is 48.5 Å². The van der Waals surface area contributed by atoms with Gasteiger partial charge in [-0.3, -0.25) is 4.79 Å². The third-order valence-corrected chi connectivity index (χ3v) is 3.32. The zero-order valence-electron chi connectivity index (χ0n) is 12.0. The summed E-state index contributed by atoms with van der Waals surface area (Å²) in [4.78, 5) is 14.4. The van der Waals surface area contributed by atoms with Gasteiger partial charge in [0.05, 0.1) is 0 Å². The van der Waals surface area contributed by atoms with E-state index >= 15 is 0 Å². The smallest absolute Gasteiger partial charge is 0.258 e. The zero-order chi connectivity index (χ0) is 14.5. The van der Waals surface area contributed by atoms with Gasteiger partial charge in [-0.25, -0.2) is 0 Å². The fourth-order valence-electron chi connectivity index (χ4n) is 2.16. The Morgan fingerprint density at radius 2 is 1.70 bits per heavy atom. The van der Waals surface area contributed by atoms with Crippen LogP contribution in [0, 0.1) is 13.8 Å². The molecule has 0 aliphatic rings. The molecule has 1 amide bonds. The summed E-state index contributed by atoms with van der Waals surface area (Å²) in [5.41, 5.74) is 9.41. The molecule has 3 heteroatoms. The van der Waals surface area contributed by atoms with Crippen LogP contribution in [-0.2, 0) is 0 Å². The second-order valence-electron chi connectivity index (χ2n) is 4.90. The molecule has 0 saturated carbocycles. The summed E-state index contributed by atoms with van der Waals surface area (Å²) < 4.78 is 0. The maximum atomic E-state index is 12.7. The van der Waals surface area contributed by atoms with Gasteiger partial charge in [-0.05, 0) is 37.6 Å². The van der Waals surface area contributed by atoms with E-state index in [9.17, 15) is 4.79 Å². The molecular formula is C17H20N2O. The molecule has 2 aromatic rings. The van der Waals surface area contributed by atoms with E-state index in [1.807, 2.05) is 62.4 Å². The fraction of sp³-hybridized carbons (Fsp3) is 0.235. The molecule has 3 nitrogen and oxygen atoms in total. The highest BCUT2D eigenvalue weighted by atomic mass is 16.2. The normalized spacial score (nSPS) is 10.3. The van der Waals surface area contributed by atoms with Crippen LogP contribution in [0.4, 0.5) is 5.69 Å². The Balaban J connectivity index is 2.36. The third kappa shape index (κ3) is 3.06. The van der Waals surface area contributed by atoms with Gasteiger partial charge in [-0.15, -0.1) is 0 Å². The van der Waals surface area contributed by atoms with Gasteiger partial charge >= 0.3 is 0 Å². The highest BCUT2D eigenvalue weighted by molar-refractivity contribution is 6.07. The highest BCUT2D eigenvalue weighted by Crippen LogP contribution is 2.19. The van der Waals surface area contributed by atoms with Crippen molar-refractivity contribution in [3.8, 4) is 0 Å². The fourth-order valence-corrected chi connectivity index (χ4v) is 2.16. The van der Waals surface area contributed by atoms with Crippen molar-refractivity contribution in [2.45, 2.75) is 13.8 Å². The van der Waals surface area contributed by atoms with Gasteiger partial charge in [0.2, 0.25) is 0 Å². The Morgan fingerprint density at radius 1 is 1.05 bits per heavy atom. The van der Waals surface area contributed by atoms with Crippen molar-refractivity contribution >= 4 is 11.6 Å². The van der Waals surface area contributed by atoms with Gasteiger partial charge in [0.1, 0.15) is 0 Å². The van der Waals surface area contributed by atoms with E-state index in [0.717, 1.165) is 16.8 Å². The first kappa shape index (κ1) is 14.3. The minimum absolute atomic E-state index is 0.00240. The number of carbonyl (C=O) groups excluding carboxylic acids is 1. The maximum absolute atomic E-state index is 12.7. The summed E-state index contributed by atoms with van der Waals surface area (Å²) in [6.45, 7) is 4.92. The minimum Gasteiger partial charge on any atom is -0.329 e. The minimum atomic E-state index is -0.00240. The van der Waals surface area contributed by atoms with Gasteiger partial charge < -0.3 is 10.6 Å². The SMILES string of the molecule is Cc1ccc(N(CCN)C(=O)c2ccccc2C)cc1. The molecule has 0 atom stereocenters. The van der Waals surface area contributed by atoms with Crippen LogP contribution in [0.5, 0.6) is 0 Å². The molecular weight excluding hydrogens is 248 g/mol. The molecule has 0 aliphatic heterocycles. The van der Waals surface area contributed by atoms with Gasteiger partial charge in [-0.2, -0.15) is 0 Å². The first-order valence-electron chi connectivity index (χ1n) is 6.77. The molecule has 0 unspecified atom stereocenters. The molecule has 0 heterocycles. The zero-order valence-corrected chi connectivity index (χ0v) is 12.0. The summed E-state index contributed by atoms with van der Waals surface area (Å²) >= 11 is 0. The van der Waals surface area contributed by atoms with Crippen LogP contribution in [0.1, 0.15) is 21.5 Å². The molecule has 0 aromatic heterocycles. The van der Waals surface area contributed by atoms with E-state index in [0.29, 0.717) is 13.1 Å². The molecule has 104 valence electrons. The van der Waals surface area contributed by atoms with Crippen molar-refractivity contribution in [3.63, 3.8) is 0 Å². The molecule has 20 heavy (non-hydrogen) atoms. The quantitative estimate of drug-likeness (QED) is 0.926. The number of amides is 1. The Bertz CT molecular complexity index is 590. The number of carbonyl (C=O) groups is 1. The number of rotatable bonds is 4. The second kappa shape index (κ2) is 6.35. The Kier molecular flexibility index (Phi) is 4.53. The molecule has 2 aromatic carbocycles. The van der Waals surface area contributed by atoms with E-state index in [2.05, 4.69) is 0 Å². The van der Waals surface area contributed by atoms with Crippen LogP contribution in [-0.4, -0.2) is 19.0 Å². The van der Waals surface area contributed by atoms with Crippen molar-refractivity contribution in [1.82, 2.24) is 0 Å². The lowest BCUT2D eigenvalue weighted by Crippen LogP contribution is -2.35. The molecule has 2 N–H and O–H groups in total. The Morgan fingerprint density at radius 3 is 2.30 bits per heavy atom. The lowest BCUT2D eigenvalue weighted by atomic mass is 10.1. The number of nitrogens with zero attached hydrogens (tertiary/aromatic N) is 1. The van der Waals surface area contributed by atoms with Gasteiger partial charge in [0.25, 0.3) is 5.91 Å². The molecule has 0 spiro atoms. The Hall–Kier alpha value is -2.13. The van der Waals surface area contributed by atoms with E-state index < -0.39 is 0 Å². The molecule has 0 radical (unpaired) electrons. The topological polar surface area (TPSA) is 46.3 Å². The van der Waals surface area contributed by atoms with Crippen LogP contribution in [0.25, 0.3) is 0 Å². The molecule has 0 aliphatic carbocycles. The van der Waals surface area contributed by atoms with Crippen molar-refractivity contribution in [3.05, 3.63) is 65.2 Å². The lowest BCUT2D eigenvalue weighted by molar-refractivity contribution is 0.0987. The number of aryl methyl sites for hydroxylation is 2. The predicted octanol–water partition coefficient (Wildman–Crippen LogP) is 2.91. The first-order chi connectivity index (χ1) is 9.63. The van der Waals surface area contributed by atoms with Crippen LogP contribution in [0.2, 0.25) is 0 Å². The van der Waals surface area contributed by atoms with E-state index in [-0.39, 0.29) is 5.91 Å². The molecule has 0 fully saturated rings. The van der Waals surface area contributed by atoms with Crippen molar-refractivity contribution in [1.29, 1.82) is 0 Å². The number of benzene rings is 2. The van der Waals surface area contributed by atoms with E-state index in [1.54, 1.807) is 4.90 Å². The summed E-state index contributed by atoms with van der Waals surface area (Å²) in [6, 6.07) is 15.6. The number of nitrogens with two attached hydrogens (primary N) is 1. The van der Waals surface area contributed by atoms with Gasteiger partial charge in [0, 0.05) is 24.3 Å². The standard InChI is InChI=1S/C17H20N2O/c1-13-7-9-15(10-8-13)19(12-11-18)17(20)16-6-4-3-5-14(16)2/h3-10H,11-12,18H2,1-2H3. The number of hydrogen-bond acceptors (Lipinski definition) is 2. The molecule has 2 rings (SSSR count). The second-order valence-corrected chi connectivity index (χ2v) is 4.90. The summed E-state index contributed by atoms with van der Waals surface area (Å²) in [7, 11) is 0. The Labute approximate surface area is 120 Å². The monoisotopic (exact) mass is 268 g/mol. The average molecular weight is 268 g/mol. The number of anilines is 1. The third-order valence-electron chi connectivity index (χ3n) is 3.32. The number of hydrogen-bond donors (Lipinski definition) is 1. The molecule has 0 saturated heterocycles. The van der Waals surface area contributed by atoms with Crippen LogP contribution < -0.4 is 10.6 Å². The largest absolute Gasteiger partial charge is 0.329 e. The van der Waals surface area contributed by atoms with E-state index in [4.69, 9.17) is 5.73 Å². The first-order valence-corrected chi connectivity index (χ1v) is 6.77. The van der Waals surface area contributed by atoms with Crippen LogP contribution >= 0.6 is 0 Å². The summed E-state index contributed by atoms with van der Waals surface area (Å²) in [6.07, 6.45) is 0. The van der Waals surface area contributed by atoms with Crippen LogP contribution in [0.3, 0.4) is 0 Å². The van der Waals surface area contributed by atoms with Crippen molar-refractivity contribution in [2.75, 3.05) is 18.0 Å². The van der Waals surface area contributed by atoms with Gasteiger partial charge in [-0.1, -0.05) is 35.9 Å². The average Bonchev–Trinajstić information content (AvgIpc) is 2.46. The van der Waals surface area contributed by atoms with Crippen molar-refractivity contribution < 1.29 is 4.79 Å². The maximum Gasteiger partial charge on any atom is 0.258 e. The summed E-state index contributed by atoms with van der Waals surface area (Å²) in [5.74, 6) is -0.00240. The predicted molar refractivity (Wildman–Crippen MR) is 83.1 cm³/mol. The van der Waals surface area contributed by atoms with E-state index in [1.165, 1.54) is 5.56 Å².